The molecule has 0 spiro atoms. The number of nitrogens with one attached hydrogen (secondary N) is 1. The van der Waals surface area contributed by atoms with Crippen LogP contribution in [-0.2, 0) is 14.8 Å². The SMILES string of the molecule is CNC1CCN(S(=O)(=O)C2CCCOC2)CC1.Cl. The van der Waals surface area contributed by atoms with Crippen LogP contribution in [-0.4, -0.2) is 57.4 Å². The molecule has 2 aliphatic heterocycles. The Hall–Kier alpha value is 0.120. The van der Waals surface area contributed by atoms with Crippen molar-refractivity contribution in [3.63, 3.8) is 0 Å². The standard InChI is InChI=1S/C11H22N2O3S.ClH/c1-12-10-4-6-13(7-5-10)17(14,15)11-3-2-8-16-9-11;/h10-12H,2-9H2,1H3;1H. The first kappa shape index (κ1) is 16.2. The van der Waals surface area contributed by atoms with Gasteiger partial charge >= 0.3 is 0 Å². The summed E-state index contributed by atoms with van der Waals surface area (Å²) in [5.74, 6) is 0. The van der Waals surface area contributed by atoms with Crippen LogP contribution < -0.4 is 5.32 Å². The normalized spacial score (nSPS) is 27.7. The molecule has 0 aromatic rings. The van der Waals surface area contributed by atoms with Gasteiger partial charge in [-0.25, -0.2) is 12.7 Å². The van der Waals surface area contributed by atoms with Gasteiger partial charge < -0.3 is 10.1 Å². The summed E-state index contributed by atoms with van der Waals surface area (Å²) in [5, 5.41) is 2.89. The van der Waals surface area contributed by atoms with Crippen molar-refractivity contribution in [2.24, 2.45) is 0 Å². The first-order valence-electron chi connectivity index (χ1n) is 6.38. The largest absolute Gasteiger partial charge is 0.380 e. The average molecular weight is 299 g/mol. The topological polar surface area (TPSA) is 58.6 Å². The minimum Gasteiger partial charge on any atom is -0.380 e. The highest BCUT2D eigenvalue weighted by molar-refractivity contribution is 7.89. The summed E-state index contributed by atoms with van der Waals surface area (Å²) in [7, 11) is -1.20. The van der Waals surface area contributed by atoms with E-state index < -0.39 is 10.0 Å². The van der Waals surface area contributed by atoms with Crippen molar-refractivity contribution in [3.8, 4) is 0 Å². The molecule has 0 amide bonds. The molecule has 18 heavy (non-hydrogen) atoms. The Morgan fingerprint density at radius 3 is 2.39 bits per heavy atom. The molecule has 2 saturated heterocycles. The minimum atomic E-state index is -3.14. The van der Waals surface area contributed by atoms with Crippen LogP contribution in [0.3, 0.4) is 0 Å². The number of halogens is 1. The molecule has 2 aliphatic rings. The summed E-state index contributed by atoms with van der Waals surface area (Å²) in [6.45, 7) is 2.36. The van der Waals surface area contributed by atoms with Gasteiger partial charge in [0.05, 0.1) is 11.9 Å². The second-order valence-electron chi connectivity index (χ2n) is 4.85. The highest BCUT2D eigenvalue weighted by Gasteiger charge is 2.35. The summed E-state index contributed by atoms with van der Waals surface area (Å²) in [6.07, 6.45) is 3.41. The Kier molecular flexibility index (Phi) is 6.34. The number of ether oxygens (including phenoxy) is 1. The maximum atomic E-state index is 12.4. The Morgan fingerprint density at radius 2 is 1.89 bits per heavy atom. The van der Waals surface area contributed by atoms with Gasteiger partial charge in [0, 0.05) is 25.7 Å². The van der Waals surface area contributed by atoms with E-state index in [9.17, 15) is 8.42 Å². The van der Waals surface area contributed by atoms with E-state index in [1.807, 2.05) is 7.05 Å². The third-order valence-electron chi connectivity index (χ3n) is 3.76. The fourth-order valence-corrected chi connectivity index (χ4v) is 4.43. The molecule has 1 unspecified atom stereocenters. The first-order chi connectivity index (χ1) is 8.14. The highest BCUT2D eigenvalue weighted by atomic mass is 35.5. The van der Waals surface area contributed by atoms with E-state index in [0.717, 1.165) is 25.7 Å². The zero-order valence-electron chi connectivity index (χ0n) is 10.8. The van der Waals surface area contributed by atoms with E-state index in [-0.39, 0.29) is 17.7 Å². The molecule has 2 fully saturated rings. The van der Waals surface area contributed by atoms with Gasteiger partial charge in [-0.15, -0.1) is 12.4 Å². The van der Waals surface area contributed by atoms with Crippen LogP contribution in [0.5, 0.6) is 0 Å². The van der Waals surface area contributed by atoms with E-state index in [1.54, 1.807) is 4.31 Å². The summed E-state index contributed by atoms with van der Waals surface area (Å²) in [6, 6.07) is 0.462. The number of nitrogens with zero attached hydrogens (tertiary/aromatic N) is 1. The molecule has 2 rings (SSSR count). The van der Waals surface area contributed by atoms with Crippen LogP contribution in [0.1, 0.15) is 25.7 Å². The molecule has 0 aromatic carbocycles. The van der Waals surface area contributed by atoms with Crippen molar-refractivity contribution < 1.29 is 13.2 Å². The maximum Gasteiger partial charge on any atom is 0.219 e. The van der Waals surface area contributed by atoms with Gasteiger partial charge in [-0.05, 0) is 32.7 Å². The molecule has 0 radical (unpaired) electrons. The Morgan fingerprint density at radius 1 is 1.22 bits per heavy atom. The average Bonchev–Trinajstić information content (AvgIpc) is 2.40. The van der Waals surface area contributed by atoms with Crippen molar-refractivity contribution in [1.82, 2.24) is 9.62 Å². The van der Waals surface area contributed by atoms with Gasteiger partial charge in [0.25, 0.3) is 0 Å². The van der Waals surface area contributed by atoms with Crippen molar-refractivity contribution >= 4 is 22.4 Å². The van der Waals surface area contributed by atoms with Crippen molar-refractivity contribution in [2.45, 2.75) is 37.0 Å². The van der Waals surface area contributed by atoms with E-state index in [1.165, 1.54) is 0 Å². The summed E-state index contributed by atoms with van der Waals surface area (Å²) in [5.41, 5.74) is 0. The van der Waals surface area contributed by atoms with E-state index in [2.05, 4.69) is 5.32 Å². The third kappa shape index (κ3) is 3.57. The second kappa shape index (κ2) is 7.05. The van der Waals surface area contributed by atoms with Crippen LogP contribution in [0.4, 0.5) is 0 Å². The van der Waals surface area contributed by atoms with Gasteiger partial charge in [0.1, 0.15) is 0 Å². The van der Waals surface area contributed by atoms with E-state index >= 15 is 0 Å². The Bertz CT molecular complexity index is 336. The zero-order chi connectivity index (χ0) is 12.3. The van der Waals surface area contributed by atoms with Gasteiger partial charge in [-0.3, -0.25) is 0 Å². The van der Waals surface area contributed by atoms with Gasteiger partial charge in [-0.1, -0.05) is 0 Å². The molecule has 108 valence electrons. The number of hydrogen-bond acceptors (Lipinski definition) is 4. The van der Waals surface area contributed by atoms with Gasteiger partial charge in [0.15, 0.2) is 0 Å². The van der Waals surface area contributed by atoms with Gasteiger partial charge in [-0.2, -0.15) is 0 Å². The van der Waals surface area contributed by atoms with Crippen molar-refractivity contribution in [3.05, 3.63) is 0 Å². The highest BCUT2D eigenvalue weighted by Crippen LogP contribution is 2.22. The Labute approximate surface area is 116 Å². The lowest BCUT2D eigenvalue weighted by molar-refractivity contribution is 0.0970. The second-order valence-corrected chi connectivity index (χ2v) is 7.06. The van der Waals surface area contributed by atoms with Gasteiger partial charge in [0.2, 0.25) is 10.0 Å². The quantitative estimate of drug-likeness (QED) is 0.829. The molecule has 1 atom stereocenters. The lowest BCUT2D eigenvalue weighted by Gasteiger charge is -2.34. The molecule has 0 aliphatic carbocycles. The number of hydrogen-bond donors (Lipinski definition) is 1. The third-order valence-corrected chi connectivity index (χ3v) is 6.06. The molecule has 2 heterocycles. The molecule has 7 heteroatoms. The lowest BCUT2D eigenvalue weighted by atomic mass is 10.1. The van der Waals surface area contributed by atoms with Crippen LogP contribution in [0, 0.1) is 0 Å². The molecule has 0 saturated carbocycles. The predicted molar refractivity (Wildman–Crippen MR) is 73.7 cm³/mol. The number of piperidine rings is 1. The smallest absolute Gasteiger partial charge is 0.219 e. The monoisotopic (exact) mass is 298 g/mol. The fourth-order valence-electron chi connectivity index (χ4n) is 2.56. The molecule has 0 bridgehead atoms. The molecule has 1 N–H and O–H groups in total. The number of sulfonamides is 1. The summed E-state index contributed by atoms with van der Waals surface area (Å²) in [4.78, 5) is 0. The minimum absolute atomic E-state index is 0. The molecule has 0 aromatic heterocycles. The van der Waals surface area contributed by atoms with Crippen molar-refractivity contribution in [1.29, 1.82) is 0 Å². The van der Waals surface area contributed by atoms with Crippen molar-refractivity contribution in [2.75, 3.05) is 33.4 Å². The fraction of sp³-hybridized carbons (Fsp3) is 1.00. The molecular formula is C11H23ClN2O3S. The van der Waals surface area contributed by atoms with Crippen LogP contribution in [0.2, 0.25) is 0 Å². The zero-order valence-corrected chi connectivity index (χ0v) is 12.4. The molecule has 5 nitrogen and oxygen atoms in total. The first-order valence-corrected chi connectivity index (χ1v) is 7.89. The maximum absolute atomic E-state index is 12.4. The predicted octanol–water partition coefficient (Wildman–Crippen LogP) is 0.601. The Balaban J connectivity index is 0.00000162. The van der Waals surface area contributed by atoms with Crippen LogP contribution >= 0.6 is 12.4 Å². The van der Waals surface area contributed by atoms with Crippen LogP contribution in [0.15, 0.2) is 0 Å². The number of rotatable bonds is 3. The van der Waals surface area contributed by atoms with E-state index in [0.29, 0.717) is 32.3 Å². The lowest BCUT2D eigenvalue weighted by Crippen LogP contribution is -2.48. The molecular weight excluding hydrogens is 276 g/mol. The van der Waals surface area contributed by atoms with Crippen LogP contribution in [0.25, 0.3) is 0 Å². The van der Waals surface area contributed by atoms with E-state index in [4.69, 9.17) is 4.74 Å². The summed E-state index contributed by atoms with van der Waals surface area (Å²) < 4.78 is 31.7. The summed E-state index contributed by atoms with van der Waals surface area (Å²) >= 11 is 0.